The van der Waals surface area contributed by atoms with E-state index in [1.54, 1.807) is 0 Å². The Balaban J connectivity index is 1.13. The Morgan fingerprint density at radius 2 is 0.671 bits per heavy atom. The van der Waals surface area contributed by atoms with Gasteiger partial charge in [0.1, 0.15) is 0 Å². The summed E-state index contributed by atoms with van der Waals surface area (Å²) >= 11 is 0. The molecule has 388 valence electrons. The van der Waals surface area contributed by atoms with Crippen LogP contribution in [0.15, 0.2) is 158 Å². The van der Waals surface area contributed by atoms with Gasteiger partial charge in [0.05, 0.1) is 22.4 Å². The molecule has 0 aliphatic carbocycles. The van der Waals surface area contributed by atoms with E-state index >= 15 is 0 Å². The molecule has 0 N–H and O–H groups in total. The highest BCUT2D eigenvalue weighted by Gasteiger charge is 2.41. The molecule has 0 atom stereocenters. The van der Waals surface area contributed by atoms with Crippen LogP contribution in [0.1, 0.15) is 145 Å². The van der Waals surface area contributed by atoms with E-state index in [1.165, 1.54) is 88.9 Å². The van der Waals surface area contributed by atoms with Gasteiger partial charge < -0.3 is 23.8 Å². The summed E-state index contributed by atoms with van der Waals surface area (Å²) in [6.07, 6.45) is 9.00. The van der Waals surface area contributed by atoms with Crippen LogP contribution in [0.2, 0.25) is 0 Å². The third-order valence-corrected chi connectivity index (χ3v) is 19.0. The number of hydrogen-bond acceptors (Lipinski definition) is 3. The largest absolute Gasteiger partial charge is 0.372 e. The SMILES string of the molecule is CCN(CC)c1cc2c3c(c1)-n1ccc4c(N(c5ccc(C(C)(C)CC)cc5)c5ccc(C(C)(C)CC)cc5)ccc(c41)B3c1ccc(N(c3ccc(C(C)(C)CC)cc3)c3ccc(C(C)(C)CC)cc3)c3ccn-2c13. The number of rotatable bonds is 17. The molecule has 0 saturated heterocycles. The standard InChI is InChI=1S/C70H80BN5/c1-15-67(7,8)47-21-29-51(30-22-47)75(52-31-23-48(24-32-52)68(9,10)16-2)60-39-37-58-65-56(60)41-43-73(65)62-45-55(72(19-5)20-6)46-63-64(62)71(58)59-38-40-61(57-42-44-74(63)66(57)59)76(53-33-25-49(26-34-53)69(11,12)17-3)54-35-27-50(28-36-54)70(13,14)18-4/h21-46H,15-20H2,1-14H3. The molecule has 5 nitrogen and oxygen atoms in total. The average molecular weight is 1000 g/mol. The molecule has 11 rings (SSSR count). The summed E-state index contributed by atoms with van der Waals surface area (Å²) in [5, 5.41) is 2.50. The van der Waals surface area contributed by atoms with Crippen molar-refractivity contribution in [1.29, 1.82) is 0 Å². The first kappa shape index (κ1) is 51.2. The zero-order valence-electron chi connectivity index (χ0n) is 48.1. The smallest absolute Gasteiger partial charge is 0.252 e. The number of aromatic nitrogens is 2. The maximum atomic E-state index is 2.52. The Labute approximate surface area is 455 Å². The lowest BCUT2D eigenvalue weighted by molar-refractivity contribution is 0.506. The Hall–Kier alpha value is -6.92. The topological polar surface area (TPSA) is 19.6 Å². The monoisotopic (exact) mass is 1000 g/mol. The third-order valence-electron chi connectivity index (χ3n) is 19.0. The zero-order valence-corrected chi connectivity index (χ0v) is 48.1. The van der Waals surface area contributed by atoms with E-state index in [1.807, 2.05) is 0 Å². The first-order valence-corrected chi connectivity index (χ1v) is 28.6. The molecule has 0 unspecified atom stereocenters. The maximum Gasteiger partial charge on any atom is 0.252 e. The van der Waals surface area contributed by atoms with Gasteiger partial charge in [-0.1, -0.05) is 144 Å². The molecule has 4 heterocycles. The number of nitrogens with zero attached hydrogens (tertiary/aromatic N) is 5. The quantitative estimate of drug-likeness (QED) is 0.0848. The number of fused-ring (bicyclic) bond motifs is 4. The highest BCUT2D eigenvalue weighted by Crippen LogP contribution is 2.46. The van der Waals surface area contributed by atoms with Gasteiger partial charge in [0, 0.05) is 76.1 Å². The normalized spacial score (nSPS) is 13.2. The molecule has 9 aromatic rings. The van der Waals surface area contributed by atoms with Crippen LogP contribution in [0.5, 0.6) is 0 Å². The second-order valence-corrected chi connectivity index (χ2v) is 24.6. The van der Waals surface area contributed by atoms with Crippen molar-refractivity contribution in [3.63, 3.8) is 0 Å². The summed E-state index contributed by atoms with van der Waals surface area (Å²) in [6, 6.07) is 57.0. The average Bonchev–Trinajstić information content (AvgIpc) is 4.13. The Bertz CT molecular complexity index is 3250. The number of benzene rings is 7. The van der Waals surface area contributed by atoms with Crippen molar-refractivity contribution in [3.05, 3.63) is 180 Å². The molecule has 6 heteroatoms. The molecule has 0 spiro atoms. The molecule has 0 radical (unpaired) electrons. The van der Waals surface area contributed by atoms with Gasteiger partial charge in [-0.25, -0.2) is 0 Å². The summed E-state index contributed by atoms with van der Waals surface area (Å²) < 4.78 is 5.03. The lowest BCUT2D eigenvalue weighted by Crippen LogP contribution is -2.59. The predicted octanol–water partition coefficient (Wildman–Crippen LogP) is 17.3. The molecular formula is C70H80BN5. The van der Waals surface area contributed by atoms with Crippen LogP contribution in [0.3, 0.4) is 0 Å². The minimum atomic E-state index is 0.0211. The minimum Gasteiger partial charge on any atom is -0.372 e. The first-order valence-electron chi connectivity index (χ1n) is 28.6. The van der Waals surface area contributed by atoms with Crippen LogP contribution >= 0.6 is 0 Å². The van der Waals surface area contributed by atoms with E-state index in [0.29, 0.717) is 0 Å². The molecule has 0 amide bonds. The van der Waals surface area contributed by atoms with Gasteiger partial charge in [-0.2, -0.15) is 0 Å². The Morgan fingerprint density at radius 3 is 0.947 bits per heavy atom. The fraction of sp³-hybridized carbons (Fsp3) is 0.343. The van der Waals surface area contributed by atoms with Gasteiger partial charge in [-0.05, 0) is 185 Å². The van der Waals surface area contributed by atoms with Crippen molar-refractivity contribution in [1.82, 2.24) is 9.13 Å². The van der Waals surface area contributed by atoms with Gasteiger partial charge in [-0.15, -0.1) is 0 Å². The van der Waals surface area contributed by atoms with Crippen molar-refractivity contribution >= 4 is 84.7 Å². The van der Waals surface area contributed by atoms with Crippen LogP contribution in [0.4, 0.5) is 39.8 Å². The van der Waals surface area contributed by atoms with Crippen LogP contribution in [-0.2, 0) is 21.7 Å². The summed E-state index contributed by atoms with van der Waals surface area (Å²) in [4.78, 5) is 7.51. The van der Waals surface area contributed by atoms with E-state index in [2.05, 4.69) is 279 Å². The fourth-order valence-electron chi connectivity index (χ4n) is 12.3. The van der Waals surface area contributed by atoms with E-state index in [9.17, 15) is 0 Å². The summed E-state index contributed by atoms with van der Waals surface area (Å²) in [5.41, 5.74) is 23.2. The van der Waals surface area contributed by atoms with Gasteiger partial charge in [-0.3, -0.25) is 0 Å². The van der Waals surface area contributed by atoms with E-state index in [4.69, 9.17) is 0 Å². The molecule has 0 fully saturated rings. The molecule has 2 aromatic heterocycles. The van der Waals surface area contributed by atoms with Gasteiger partial charge in [0.15, 0.2) is 0 Å². The highest BCUT2D eigenvalue weighted by atomic mass is 15.2. The van der Waals surface area contributed by atoms with Gasteiger partial charge >= 0.3 is 0 Å². The third kappa shape index (κ3) is 8.19. The minimum absolute atomic E-state index is 0.0211. The van der Waals surface area contributed by atoms with Crippen molar-refractivity contribution in [2.45, 2.75) is 144 Å². The molecule has 0 bridgehead atoms. The molecule has 0 saturated carbocycles. The molecule has 7 aromatic carbocycles. The van der Waals surface area contributed by atoms with Crippen molar-refractivity contribution < 1.29 is 0 Å². The summed E-state index contributed by atoms with van der Waals surface area (Å²) in [5.74, 6) is 0. The second kappa shape index (κ2) is 19.0. The maximum absolute atomic E-state index is 2.52. The highest BCUT2D eigenvalue weighted by molar-refractivity contribution is 7.00. The first-order chi connectivity index (χ1) is 36.4. The second-order valence-electron chi connectivity index (χ2n) is 24.6. The fourth-order valence-corrected chi connectivity index (χ4v) is 12.3. The molecular weight excluding hydrogens is 922 g/mol. The van der Waals surface area contributed by atoms with Crippen molar-refractivity contribution in [3.8, 4) is 11.4 Å². The number of hydrogen-bond donors (Lipinski definition) is 0. The van der Waals surface area contributed by atoms with Crippen molar-refractivity contribution in [2.75, 3.05) is 27.8 Å². The van der Waals surface area contributed by atoms with E-state index < -0.39 is 0 Å². The number of anilines is 7. The van der Waals surface area contributed by atoms with E-state index in [-0.39, 0.29) is 28.4 Å². The zero-order chi connectivity index (χ0) is 53.6. The van der Waals surface area contributed by atoms with Crippen molar-refractivity contribution in [2.24, 2.45) is 0 Å². The lowest BCUT2D eigenvalue weighted by atomic mass is 9.34. The van der Waals surface area contributed by atoms with Gasteiger partial charge in [0.25, 0.3) is 6.71 Å². The predicted molar refractivity (Wildman–Crippen MR) is 331 cm³/mol. The molecule has 76 heavy (non-hydrogen) atoms. The molecule has 2 aliphatic rings. The lowest BCUT2D eigenvalue weighted by Gasteiger charge is -2.36. The van der Waals surface area contributed by atoms with Gasteiger partial charge in [0.2, 0.25) is 0 Å². The Kier molecular flexibility index (Phi) is 12.8. The van der Waals surface area contributed by atoms with Crippen LogP contribution < -0.4 is 31.1 Å². The van der Waals surface area contributed by atoms with Crippen LogP contribution in [0, 0.1) is 0 Å². The Morgan fingerprint density at radius 1 is 0.368 bits per heavy atom. The summed E-state index contributed by atoms with van der Waals surface area (Å²) in [7, 11) is 0. The summed E-state index contributed by atoms with van der Waals surface area (Å²) in [6.45, 7) is 34.4. The molecule has 2 aliphatic heterocycles. The van der Waals surface area contributed by atoms with E-state index in [0.717, 1.165) is 61.5 Å². The van der Waals surface area contributed by atoms with Crippen LogP contribution in [-0.4, -0.2) is 28.9 Å². The van der Waals surface area contributed by atoms with Crippen LogP contribution in [0.25, 0.3) is 33.2 Å².